The van der Waals surface area contributed by atoms with Crippen molar-refractivity contribution in [3.05, 3.63) is 64.9 Å². The molecule has 182 valence electrons. The van der Waals surface area contributed by atoms with Gasteiger partial charge in [0.2, 0.25) is 19.7 Å². The Labute approximate surface area is 199 Å². The Hall–Kier alpha value is -2.12. The second-order valence-electron chi connectivity index (χ2n) is 8.47. The van der Waals surface area contributed by atoms with E-state index in [0.29, 0.717) is 12.1 Å². The van der Waals surface area contributed by atoms with Crippen molar-refractivity contribution < 1.29 is 16.8 Å². The van der Waals surface area contributed by atoms with E-state index in [1.54, 1.807) is 12.1 Å². The Morgan fingerprint density at radius 1 is 0.667 bits per heavy atom. The van der Waals surface area contributed by atoms with Gasteiger partial charge in [0.05, 0.1) is 9.79 Å². The largest absolute Gasteiger partial charge is 0.399 e. The van der Waals surface area contributed by atoms with Gasteiger partial charge in [-0.3, -0.25) is 0 Å². The number of nitrogens with two attached hydrogens (primary N) is 1. The normalized spacial score (nSPS) is 12.4. The summed E-state index contributed by atoms with van der Waals surface area (Å²) in [5.74, 6) is 0. The average Bonchev–Trinajstić information content (AvgIpc) is 2.80. The Morgan fingerprint density at radius 2 is 1.18 bits per heavy atom. The van der Waals surface area contributed by atoms with Crippen LogP contribution in [0.1, 0.15) is 76.7 Å². The number of rotatable bonds is 15. The molecule has 7 heteroatoms. The SMILES string of the molecule is CCCCCCCCCCCCc1ccccc1S(=O)(=O)C=CS(=O)(=O)c1ccc(N)cc1. The number of nitrogen functional groups attached to an aromatic ring is 1. The first-order chi connectivity index (χ1) is 15.8. The molecule has 0 bridgehead atoms. The summed E-state index contributed by atoms with van der Waals surface area (Å²) in [5, 5.41) is 1.54. The summed E-state index contributed by atoms with van der Waals surface area (Å²) in [5.41, 5.74) is 6.76. The van der Waals surface area contributed by atoms with E-state index in [2.05, 4.69) is 6.92 Å². The minimum atomic E-state index is -3.89. The molecule has 2 rings (SSSR count). The van der Waals surface area contributed by atoms with Crippen molar-refractivity contribution in [2.24, 2.45) is 0 Å². The number of sulfone groups is 2. The first-order valence-corrected chi connectivity index (χ1v) is 15.0. The van der Waals surface area contributed by atoms with Crippen LogP contribution >= 0.6 is 0 Å². The lowest BCUT2D eigenvalue weighted by Gasteiger charge is -2.08. The van der Waals surface area contributed by atoms with E-state index in [0.717, 1.165) is 35.6 Å². The van der Waals surface area contributed by atoms with Gasteiger partial charge >= 0.3 is 0 Å². The molecule has 33 heavy (non-hydrogen) atoms. The third-order valence-corrected chi connectivity index (χ3v) is 8.80. The van der Waals surface area contributed by atoms with E-state index in [9.17, 15) is 16.8 Å². The zero-order chi connectivity index (χ0) is 24.2. The van der Waals surface area contributed by atoms with Gasteiger partial charge < -0.3 is 5.73 Å². The lowest BCUT2D eigenvalue weighted by molar-refractivity contribution is 0.555. The fraction of sp³-hybridized carbons (Fsp3) is 0.462. The van der Waals surface area contributed by atoms with Crippen LogP contribution in [0.25, 0.3) is 0 Å². The van der Waals surface area contributed by atoms with Crippen LogP contribution < -0.4 is 5.73 Å². The van der Waals surface area contributed by atoms with Crippen LogP contribution in [0.4, 0.5) is 5.69 Å². The molecule has 0 amide bonds. The predicted octanol–water partition coefficient (Wildman–Crippen LogP) is 6.45. The van der Waals surface area contributed by atoms with Gasteiger partial charge in [-0.1, -0.05) is 82.9 Å². The van der Waals surface area contributed by atoms with Crippen LogP contribution in [-0.4, -0.2) is 16.8 Å². The fourth-order valence-electron chi connectivity index (χ4n) is 3.75. The van der Waals surface area contributed by atoms with E-state index in [1.165, 1.54) is 69.2 Å². The molecule has 2 N–H and O–H groups in total. The molecule has 5 nitrogen and oxygen atoms in total. The third-order valence-electron chi connectivity index (χ3n) is 5.70. The van der Waals surface area contributed by atoms with Gasteiger partial charge in [-0.25, -0.2) is 16.8 Å². The first kappa shape index (κ1) is 27.1. The van der Waals surface area contributed by atoms with Crippen molar-refractivity contribution in [3.8, 4) is 0 Å². The highest BCUT2D eigenvalue weighted by atomic mass is 32.2. The van der Waals surface area contributed by atoms with Crippen molar-refractivity contribution in [2.45, 2.75) is 87.3 Å². The van der Waals surface area contributed by atoms with Crippen molar-refractivity contribution in [3.63, 3.8) is 0 Å². The number of aryl methyl sites for hydroxylation is 1. The molecule has 0 heterocycles. The highest BCUT2D eigenvalue weighted by Gasteiger charge is 2.18. The molecule has 0 saturated heterocycles. The summed E-state index contributed by atoms with van der Waals surface area (Å²) in [7, 11) is -7.77. The maximum absolute atomic E-state index is 12.9. The molecule has 0 saturated carbocycles. The quantitative estimate of drug-likeness (QED) is 0.228. The highest BCUT2D eigenvalue weighted by Crippen LogP contribution is 2.22. The molecule has 0 aliphatic rings. The van der Waals surface area contributed by atoms with Crippen molar-refractivity contribution >= 4 is 25.4 Å². The van der Waals surface area contributed by atoms with Crippen LogP contribution in [0.5, 0.6) is 0 Å². The third kappa shape index (κ3) is 9.33. The molecule has 0 atom stereocenters. The number of benzene rings is 2. The summed E-state index contributed by atoms with van der Waals surface area (Å²) in [4.78, 5) is 0.173. The van der Waals surface area contributed by atoms with Gasteiger partial charge in [-0.15, -0.1) is 0 Å². The molecule has 2 aromatic rings. The van der Waals surface area contributed by atoms with Crippen LogP contribution in [0, 0.1) is 0 Å². The maximum atomic E-state index is 12.9. The van der Waals surface area contributed by atoms with Crippen LogP contribution in [-0.2, 0) is 26.1 Å². The Balaban J connectivity index is 1.92. The van der Waals surface area contributed by atoms with Gasteiger partial charge in [0.15, 0.2) is 0 Å². The first-order valence-electron chi connectivity index (χ1n) is 11.9. The van der Waals surface area contributed by atoms with Crippen molar-refractivity contribution in [1.82, 2.24) is 0 Å². The molecule has 0 radical (unpaired) electrons. The van der Waals surface area contributed by atoms with E-state index in [1.807, 2.05) is 12.1 Å². The van der Waals surface area contributed by atoms with Crippen molar-refractivity contribution in [2.75, 3.05) is 5.73 Å². The van der Waals surface area contributed by atoms with E-state index in [-0.39, 0.29) is 9.79 Å². The minimum Gasteiger partial charge on any atom is -0.399 e. The summed E-state index contributed by atoms with van der Waals surface area (Å²) < 4.78 is 50.8. The van der Waals surface area contributed by atoms with Gasteiger partial charge in [-0.2, -0.15) is 0 Å². The van der Waals surface area contributed by atoms with Crippen LogP contribution in [0.15, 0.2) is 69.1 Å². The molecule has 2 aromatic carbocycles. The molecule has 0 unspecified atom stereocenters. The molecule has 0 aliphatic heterocycles. The van der Waals surface area contributed by atoms with Gasteiger partial charge in [-0.05, 0) is 48.7 Å². The number of hydrogen-bond donors (Lipinski definition) is 1. The molecule has 0 fully saturated rings. The lowest BCUT2D eigenvalue weighted by Crippen LogP contribution is -2.04. The zero-order valence-electron chi connectivity index (χ0n) is 19.6. The van der Waals surface area contributed by atoms with Crippen LogP contribution in [0.2, 0.25) is 0 Å². The number of hydrogen-bond acceptors (Lipinski definition) is 5. The Morgan fingerprint density at radius 3 is 1.79 bits per heavy atom. The summed E-state index contributed by atoms with van der Waals surface area (Å²) in [6, 6.07) is 12.5. The second kappa shape index (κ2) is 13.6. The monoisotopic (exact) mass is 491 g/mol. The second-order valence-corrected chi connectivity index (χ2v) is 12.1. The van der Waals surface area contributed by atoms with Crippen LogP contribution in [0.3, 0.4) is 0 Å². The Kier molecular flexibility index (Phi) is 11.1. The van der Waals surface area contributed by atoms with E-state index >= 15 is 0 Å². The summed E-state index contributed by atoms with van der Waals surface area (Å²) in [6.45, 7) is 2.23. The summed E-state index contributed by atoms with van der Waals surface area (Å²) >= 11 is 0. The van der Waals surface area contributed by atoms with E-state index in [4.69, 9.17) is 5.73 Å². The molecular formula is C26H37NO4S2. The Bertz CT molecular complexity index is 1090. The molecule has 0 spiro atoms. The van der Waals surface area contributed by atoms with Gasteiger partial charge in [0, 0.05) is 16.5 Å². The average molecular weight is 492 g/mol. The molecule has 0 aromatic heterocycles. The fourth-order valence-corrected chi connectivity index (χ4v) is 6.54. The summed E-state index contributed by atoms with van der Waals surface area (Å²) in [6.07, 6.45) is 12.8. The predicted molar refractivity (Wildman–Crippen MR) is 136 cm³/mol. The smallest absolute Gasteiger partial charge is 0.200 e. The molecular weight excluding hydrogens is 454 g/mol. The lowest BCUT2D eigenvalue weighted by atomic mass is 10.0. The van der Waals surface area contributed by atoms with Crippen molar-refractivity contribution in [1.29, 1.82) is 0 Å². The van der Waals surface area contributed by atoms with Gasteiger partial charge in [0.1, 0.15) is 0 Å². The zero-order valence-corrected chi connectivity index (χ0v) is 21.2. The maximum Gasteiger partial charge on any atom is 0.200 e. The standard InChI is InChI=1S/C26H37NO4S2/c1-2-3-4-5-6-7-8-9-10-11-14-23-15-12-13-16-26(23)33(30,31)22-21-32(28,29)25-19-17-24(27)18-20-25/h12-13,15-22H,2-11,14,27H2,1H3. The number of unbranched alkanes of at least 4 members (excludes halogenated alkanes) is 9. The van der Waals surface area contributed by atoms with E-state index < -0.39 is 19.7 Å². The topological polar surface area (TPSA) is 94.3 Å². The molecule has 0 aliphatic carbocycles. The highest BCUT2D eigenvalue weighted by molar-refractivity contribution is 7.97. The van der Waals surface area contributed by atoms with Gasteiger partial charge in [0.25, 0.3) is 0 Å². The number of anilines is 1. The minimum absolute atomic E-state index is 0.00167.